The zero-order valence-electron chi connectivity index (χ0n) is 14.5. The van der Waals surface area contributed by atoms with Crippen molar-refractivity contribution in [1.29, 1.82) is 5.26 Å². The second-order valence-corrected chi connectivity index (χ2v) is 6.08. The summed E-state index contributed by atoms with van der Waals surface area (Å²) in [7, 11) is 0. The van der Waals surface area contributed by atoms with Crippen molar-refractivity contribution in [2.45, 2.75) is 19.3 Å². The van der Waals surface area contributed by atoms with Crippen LogP contribution in [-0.2, 0) is 12.4 Å². The molecule has 9 heteroatoms. The number of nitriles is 1. The predicted molar refractivity (Wildman–Crippen MR) is 102 cm³/mol. The molecule has 0 fully saturated rings. The molecule has 0 aliphatic carbocycles. The lowest BCUT2D eigenvalue weighted by Gasteiger charge is -2.13. The first-order valence-electron chi connectivity index (χ1n) is 8.30. The minimum atomic E-state index is 0.160. The Morgan fingerprint density at radius 2 is 2.11 bits per heavy atom. The molecular weight excluding hydrogens is 364 g/mol. The van der Waals surface area contributed by atoms with Crippen LogP contribution < -0.4 is 5.73 Å². The number of fused-ring (bicyclic) bond motifs is 1. The van der Waals surface area contributed by atoms with Crippen LogP contribution in [0.2, 0.25) is 0 Å². The number of nitrogen functional groups attached to an aromatic ring is 1. The molecule has 27 heavy (non-hydrogen) atoms. The average Bonchev–Trinajstić information content (AvgIpc) is 3.35. The smallest absolute Gasteiger partial charge is 0.223 e. The van der Waals surface area contributed by atoms with E-state index in [-0.39, 0.29) is 11.8 Å². The van der Waals surface area contributed by atoms with E-state index in [1.54, 1.807) is 18.3 Å². The van der Waals surface area contributed by atoms with E-state index in [0.717, 1.165) is 16.8 Å². The second-order valence-electron chi connectivity index (χ2n) is 5.82. The Balaban J connectivity index is 2.12. The van der Waals surface area contributed by atoms with Gasteiger partial charge in [0, 0.05) is 18.3 Å². The average molecular weight is 379 g/mol. The predicted octanol–water partition coefficient (Wildman–Crippen LogP) is 2.87. The van der Waals surface area contributed by atoms with Gasteiger partial charge in [-0.1, -0.05) is 12.1 Å². The zero-order chi connectivity index (χ0) is 19.0. The van der Waals surface area contributed by atoms with Crippen LogP contribution in [0.4, 0.5) is 5.95 Å². The molecule has 0 aliphatic rings. The molecule has 0 saturated carbocycles. The molecule has 3 aromatic heterocycles. The molecular formula is C18H15ClN8. The van der Waals surface area contributed by atoms with Gasteiger partial charge in [-0.2, -0.15) is 14.9 Å². The minimum Gasteiger partial charge on any atom is -0.368 e. The third-order valence-corrected chi connectivity index (χ3v) is 4.45. The van der Waals surface area contributed by atoms with Crippen LogP contribution in [0, 0.1) is 11.3 Å². The van der Waals surface area contributed by atoms with Gasteiger partial charge in [-0.15, -0.1) is 16.7 Å². The Morgan fingerprint density at radius 1 is 1.26 bits per heavy atom. The van der Waals surface area contributed by atoms with Gasteiger partial charge in [-0.25, -0.2) is 9.97 Å². The highest BCUT2D eigenvalue weighted by atomic mass is 35.5. The van der Waals surface area contributed by atoms with Crippen LogP contribution in [0.15, 0.2) is 36.5 Å². The van der Waals surface area contributed by atoms with Gasteiger partial charge in [0.25, 0.3) is 0 Å². The number of alkyl halides is 1. The van der Waals surface area contributed by atoms with Crippen molar-refractivity contribution in [3.05, 3.63) is 47.9 Å². The monoisotopic (exact) mass is 378 g/mol. The summed E-state index contributed by atoms with van der Waals surface area (Å²) in [6.45, 7) is 2.68. The van der Waals surface area contributed by atoms with Crippen molar-refractivity contribution < 1.29 is 0 Å². The molecule has 0 unspecified atom stereocenters. The van der Waals surface area contributed by atoms with Gasteiger partial charge in [0.2, 0.25) is 5.95 Å². The lowest BCUT2D eigenvalue weighted by atomic mass is 10.0. The van der Waals surface area contributed by atoms with E-state index in [0.29, 0.717) is 29.3 Å². The summed E-state index contributed by atoms with van der Waals surface area (Å²) in [5.41, 5.74) is 10.2. The molecule has 0 spiro atoms. The Bertz CT molecular complexity index is 1180. The fraction of sp³-hybridized carbons (Fsp3) is 0.167. The maximum atomic E-state index is 9.26. The second kappa shape index (κ2) is 6.70. The summed E-state index contributed by atoms with van der Waals surface area (Å²) in [6.07, 6.45) is 1.72. The van der Waals surface area contributed by atoms with Gasteiger partial charge in [0.15, 0.2) is 11.5 Å². The molecule has 0 bridgehead atoms. The Kier molecular flexibility index (Phi) is 4.22. The van der Waals surface area contributed by atoms with E-state index < -0.39 is 0 Å². The number of aryl methyl sites for hydroxylation is 1. The number of benzene rings is 1. The molecule has 0 atom stereocenters. The van der Waals surface area contributed by atoms with Crippen LogP contribution >= 0.6 is 11.6 Å². The molecule has 3 heterocycles. The highest BCUT2D eigenvalue weighted by Crippen LogP contribution is 2.35. The number of rotatable bonds is 4. The quantitative estimate of drug-likeness (QED) is 0.546. The Hall–Kier alpha value is -3.44. The summed E-state index contributed by atoms with van der Waals surface area (Å²) in [5.74, 6) is 0.807. The van der Waals surface area contributed by atoms with Crippen molar-refractivity contribution in [2.24, 2.45) is 0 Å². The maximum absolute atomic E-state index is 9.26. The first kappa shape index (κ1) is 17.0. The Morgan fingerprint density at radius 3 is 2.85 bits per heavy atom. The standard InChI is InChI=1S/C18H15ClN8/c1-2-26-13(6-7-22-26)15-16(12-5-3-4-11(8-12)10-20)24-18(21)27-17(15)23-14(9-19)25-27/h3-8H,2,9H2,1H3,(H2,21,24). The van der Waals surface area contributed by atoms with Gasteiger partial charge < -0.3 is 5.73 Å². The summed E-state index contributed by atoms with van der Waals surface area (Å²) >= 11 is 5.93. The largest absolute Gasteiger partial charge is 0.368 e. The van der Waals surface area contributed by atoms with Crippen molar-refractivity contribution in [1.82, 2.24) is 29.4 Å². The normalized spacial score (nSPS) is 11.0. The molecule has 0 saturated heterocycles. The van der Waals surface area contributed by atoms with E-state index in [2.05, 4.69) is 26.2 Å². The van der Waals surface area contributed by atoms with Crippen molar-refractivity contribution >= 4 is 23.2 Å². The molecule has 4 rings (SSSR count). The number of aromatic nitrogens is 6. The lowest BCUT2D eigenvalue weighted by molar-refractivity contribution is 0.667. The van der Waals surface area contributed by atoms with E-state index in [1.165, 1.54) is 4.52 Å². The summed E-state index contributed by atoms with van der Waals surface area (Å²) < 4.78 is 3.33. The van der Waals surface area contributed by atoms with Crippen LogP contribution in [0.5, 0.6) is 0 Å². The van der Waals surface area contributed by atoms with E-state index in [1.807, 2.05) is 29.8 Å². The van der Waals surface area contributed by atoms with Crippen LogP contribution in [-0.4, -0.2) is 29.4 Å². The molecule has 1 aromatic carbocycles. The van der Waals surface area contributed by atoms with Crippen molar-refractivity contribution in [3.63, 3.8) is 0 Å². The SMILES string of the molecule is CCn1nccc1-c1c(-c2cccc(C#N)c2)nc(N)n2nc(CCl)nc12. The zero-order valence-corrected chi connectivity index (χ0v) is 15.2. The molecule has 0 amide bonds. The highest BCUT2D eigenvalue weighted by Gasteiger charge is 2.22. The summed E-state index contributed by atoms with van der Waals surface area (Å²) in [4.78, 5) is 9.12. The molecule has 0 aliphatic heterocycles. The Labute approximate surface area is 159 Å². The van der Waals surface area contributed by atoms with E-state index in [4.69, 9.17) is 17.3 Å². The highest BCUT2D eigenvalue weighted by molar-refractivity contribution is 6.16. The first-order valence-corrected chi connectivity index (χ1v) is 8.83. The third-order valence-electron chi connectivity index (χ3n) is 4.21. The number of nitrogens with zero attached hydrogens (tertiary/aromatic N) is 7. The number of nitrogens with two attached hydrogens (primary N) is 1. The number of hydrogen-bond acceptors (Lipinski definition) is 6. The summed E-state index contributed by atoms with van der Waals surface area (Å²) in [6, 6.07) is 11.2. The van der Waals surface area contributed by atoms with Crippen LogP contribution in [0.25, 0.3) is 28.2 Å². The third kappa shape index (κ3) is 2.78. The van der Waals surface area contributed by atoms with E-state index in [9.17, 15) is 5.26 Å². The molecule has 4 aromatic rings. The molecule has 0 radical (unpaired) electrons. The topological polar surface area (TPSA) is 111 Å². The number of halogens is 1. The maximum Gasteiger partial charge on any atom is 0.223 e. The molecule has 8 nitrogen and oxygen atoms in total. The number of hydrogen-bond donors (Lipinski definition) is 1. The number of anilines is 1. The van der Waals surface area contributed by atoms with Gasteiger partial charge >= 0.3 is 0 Å². The van der Waals surface area contributed by atoms with Gasteiger partial charge in [-0.3, -0.25) is 4.68 Å². The lowest BCUT2D eigenvalue weighted by Crippen LogP contribution is -2.08. The van der Waals surface area contributed by atoms with Gasteiger partial charge in [0.05, 0.1) is 34.5 Å². The van der Waals surface area contributed by atoms with Crippen molar-refractivity contribution in [3.8, 4) is 28.6 Å². The summed E-state index contributed by atoms with van der Waals surface area (Å²) in [5, 5.41) is 17.9. The van der Waals surface area contributed by atoms with Crippen LogP contribution in [0.3, 0.4) is 0 Å². The van der Waals surface area contributed by atoms with Gasteiger partial charge in [-0.05, 0) is 25.1 Å². The minimum absolute atomic E-state index is 0.160. The van der Waals surface area contributed by atoms with Gasteiger partial charge in [0.1, 0.15) is 0 Å². The van der Waals surface area contributed by atoms with Crippen LogP contribution in [0.1, 0.15) is 18.3 Å². The fourth-order valence-electron chi connectivity index (χ4n) is 3.03. The molecule has 134 valence electrons. The first-order chi connectivity index (χ1) is 13.2. The molecule has 2 N–H and O–H groups in total. The van der Waals surface area contributed by atoms with Crippen molar-refractivity contribution in [2.75, 3.05) is 5.73 Å². The van der Waals surface area contributed by atoms with E-state index >= 15 is 0 Å². The fourth-order valence-corrected chi connectivity index (χ4v) is 3.15.